The molecule has 0 aliphatic rings. The maximum atomic E-state index is 5.43. The predicted molar refractivity (Wildman–Crippen MR) is 58.1 cm³/mol. The quantitative estimate of drug-likeness (QED) is 0.851. The first-order chi connectivity index (χ1) is 5.66. The SMILES string of the molecule is Cc1nn(CCCN)c(C)c1I. The lowest BCUT2D eigenvalue weighted by Crippen LogP contribution is -2.08. The van der Waals surface area contributed by atoms with Crippen LogP contribution >= 0.6 is 22.6 Å². The van der Waals surface area contributed by atoms with Crippen LogP contribution in [-0.4, -0.2) is 16.3 Å². The van der Waals surface area contributed by atoms with Gasteiger partial charge in [-0.3, -0.25) is 4.68 Å². The van der Waals surface area contributed by atoms with Gasteiger partial charge in [0.05, 0.1) is 9.26 Å². The smallest absolute Gasteiger partial charge is 0.0729 e. The standard InChI is InChI=1S/C8H14IN3/c1-6-8(9)7(2)12(11-6)5-3-4-10/h3-5,10H2,1-2H3. The molecule has 0 fully saturated rings. The summed E-state index contributed by atoms with van der Waals surface area (Å²) in [5, 5.41) is 4.40. The highest BCUT2D eigenvalue weighted by atomic mass is 127. The van der Waals surface area contributed by atoms with Crippen molar-refractivity contribution in [2.24, 2.45) is 5.73 Å². The molecule has 0 atom stereocenters. The molecule has 0 radical (unpaired) electrons. The zero-order chi connectivity index (χ0) is 9.14. The van der Waals surface area contributed by atoms with Crippen LogP contribution in [0.3, 0.4) is 0 Å². The van der Waals surface area contributed by atoms with E-state index in [9.17, 15) is 0 Å². The summed E-state index contributed by atoms with van der Waals surface area (Å²) in [4.78, 5) is 0. The minimum atomic E-state index is 0.731. The zero-order valence-electron chi connectivity index (χ0n) is 7.47. The topological polar surface area (TPSA) is 43.8 Å². The van der Waals surface area contributed by atoms with Gasteiger partial charge >= 0.3 is 0 Å². The molecule has 1 aromatic rings. The third-order valence-corrected chi connectivity index (χ3v) is 3.43. The second-order valence-electron chi connectivity index (χ2n) is 2.85. The van der Waals surface area contributed by atoms with Gasteiger partial charge in [-0.25, -0.2) is 0 Å². The summed E-state index contributed by atoms with van der Waals surface area (Å²) >= 11 is 2.33. The first kappa shape index (κ1) is 9.98. The molecule has 1 rings (SSSR count). The second kappa shape index (κ2) is 4.23. The van der Waals surface area contributed by atoms with Crippen LogP contribution in [0.5, 0.6) is 0 Å². The summed E-state index contributed by atoms with van der Waals surface area (Å²) in [6.45, 7) is 5.80. The molecule has 0 unspecified atom stereocenters. The van der Waals surface area contributed by atoms with Crippen molar-refractivity contribution in [3.05, 3.63) is 15.0 Å². The molecule has 0 bridgehead atoms. The van der Waals surface area contributed by atoms with E-state index in [0.29, 0.717) is 0 Å². The van der Waals surface area contributed by atoms with Crippen LogP contribution < -0.4 is 5.73 Å². The Hall–Kier alpha value is -0.100. The van der Waals surface area contributed by atoms with Crippen molar-refractivity contribution < 1.29 is 0 Å². The van der Waals surface area contributed by atoms with Gasteiger partial charge in [-0.1, -0.05) is 0 Å². The number of nitrogens with two attached hydrogens (primary N) is 1. The first-order valence-corrected chi connectivity index (χ1v) is 5.14. The molecule has 4 heteroatoms. The van der Waals surface area contributed by atoms with Gasteiger partial charge in [0.15, 0.2) is 0 Å². The van der Waals surface area contributed by atoms with E-state index in [1.165, 1.54) is 9.26 Å². The van der Waals surface area contributed by atoms with Gasteiger partial charge < -0.3 is 5.73 Å². The monoisotopic (exact) mass is 279 g/mol. The fourth-order valence-corrected chi connectivity index (χ4v) is 1.52. The van der Waals surface area contributed by atoms with Crippen LogP contribution in [0.1, 0.15) is 17.8 Å². The lowest BCUT2D eigenvalue weighted by atomic mass is 10.4. The minimum Gasteiger partial charge on any atom is -0.330 e. The van der Waals surface area contributed by atoms with Crippen LogP contribution in [0.25, 0.3) is 0 Å². The zero-order valence-corrected chi connectivity index (χ0v) is 9.63. The highest BCUT2D eigenvalue weighted by Crippen LogP contribution is 2.15. The molecular formula is C8H14IN3. The van der Waals surface area contributed by atoms with Crippen molar-refractivity contribution in [2.75, 3.05) is 6.54 Å². The van der Waals surface area contributed by atoms with E-state index in [-0.39, 0.29) is 0 Å². The molecule has 1 heterocycles. The fraction of sp³-hybridized carbons (Fsp3) is 0.625. The summed E-state index contributed by atoms with van der Waals surface area (Å²) in [6, 6.07) is 0. The molecule has 0 saturated heterocycles. The lowest BCUT2D eigenvalue weighted by molar-refractivity contribution is 0.567. The average Bonchev–Trinajstić information content (AvgIpc) is 2.30. The van der Waals surface area contributed by atoms with Crippen molar-refractivity contribution in [3.63, 3.8) is 0 Å². The van der Waals surface area contributed by atoms with E-state index in [2.05, 4.69) is 34.6 Å². The van der Waals surface area contributed by atoms with Gasteiger partial charge in [0.25, 0.3) is 0 Å². The molecule has 68 valence electrons. The number of hydrogen-bond acceptors (Lipinski definition) is 2. The van der Waals surface area contributed by atoms with E-state index in [4.69, 9.17) is 5.73 Å². The Labute approximate surface area is 86.5 Å². The molecule has 1 aromatic heterocycles. The van der Waals surface area contributed by atoms with Crippen LogP contribution in [0.4, 0.5) is 0 Å². The Balaban J connectivity index is 2.79. The third-order valence-electron chi connectivity index (χ3n) is 1.87. The van der Waals surface area contributed by atoms with E-state index in [1.807, 2.05) is 11.6 Å². The van der Waals surface area contributed by atoms with Crippen molar-refractivity contribution in [2.45, 2.75) is 26.8 Å². The summed E-state index contributed by atoms with van der Waals surface area (Å²) in [5.41, 5.74) is 7.80. The molecule has 0 aliphatic heterocycles. The largest absolute Gasteiger partial charge is 0.330 e. The highest BCUT2D eigenvalue weighted by Gasteiger charge is 2.06. The minimum absolute atomic E-state index is 0.731. The number of aryl methyl sites for hydroxylation is 2. The van der Waals surface area contributed by atoms with Gasteiger partial charge in [-0.05, 0) is 49.4 Å². The van der Waals surface area contributed by atoms with Crippen molar-refractivity contribution >= 4 is 22.6 Å². The Morgan fingerprint density at radius 2 is 2.17 bits per heavy atom. The van der Waals surface area contributed by atoms with E-state index >= 15 is 0 Å². The van der Waals surface area contributed by atoms with Gasteiger partial charge in [0, 0.05) is 12.2 Å². The number of aromatic nitrogens is 2. The summed E-state index contributed by atoms with van der Waals surface area (Å²) in [7, 11) is 0. The third kappa shape index (κ3) is 1.98. The van der Waals surface area contributed by atoms with Crippen LogP contribution in [0, 0.1) is 17.4 Å². The molecule has 0 spiro atoms. The first-order valence-electron chi connectivity index (χ1n) is 4.06. The second-order valence-corrected chi connectivity index (χ2v) is 3.93. The molecule has 12 heavy (non-hydrogen) atoms. The normalized spacial score (nSPS) is 10.7. The molecule has 0 amide bonds. The number of nitrogens with zero attached hydrogens (tertiary/aromatic N) is 2. The van der Waals surface area contributed by atoms with Gasteiger partial charge in [0.1, 0.15) is 0 Å². The van der Waals surface area contributed by atoms with E-state index in [0.717, 1.165) is 25.2 Å². The molecule has 3 nitrogen and oxygen atoms in total. The van der Waals surface area contributed by atoms with Crippen LogP contribution in [0.15, 0.2) is 0 Å². The van der Waals surface area contributed by atoms with Crippen molar-refractivity contribution in [1.29, 1.82) is 0 Å². The van der Waals surface area contributed by atoms with E-state index < -0.39 is 0 Å². The number of hydrogen-bond donors (Lipinski definition) is 1. The average molecular weight is 279 g/mol. The van der Waals surface area contributed by atoms with E-state index in [1.54, 1.807) is 0 Å². The lowest BCUT2D eigenvalue weighted by Gasteiger charge is -2.01. The fourth-order valence-electron chi connectivity index (χ4n) is 1.13. The molecule has 0 saturated carbocycles. The summed E-state index contributed by atoms with van der Waals surface area (Å²) in [5.74, 6) is 0. The van der Waals surface area contributed by atoms with Crippen molar-refractivity contribution in [3.8, 4) is 0 Å². The molecule has 0 aromatic carbocycles. The summed E-state index contributed by atoms with van der Waals surface area (Å²) in [6.07, 6.45) is 0.998. The van der Waals surface area contributed by atoms with Crippen LogP contribution in [0.2, 0.25) is 0 Å². The Bertz CT molecular complexity index is 268. The molecule has 2 N–H and O–H groups in total. The van der Waals surface area contributed by atoms with Gasteiger partial charge in [-0.15, -0.1) is 0 Å². The van der Waals surface area contributed by atoms with Crippen molar-refractivity contribution in [1.82, 2.24) is 9.78 Å². The number of halogens is 1. The number of rotatable bonds is 3. The Morgan fingerprint density at radius 3 is 2.58 bits per heavy atom. The predicted octanol–water partition coefficient (Wildman–Crippen LogP) is 1.45. The maximum Gasteiger partial charge on any atom is 0.0729 e. The molecular weight excluding hydrogens is 265 g/mol. The molecule has 0 aliphatic carbocycles. The van der Waals surface area contributed by atoms with Gasteiger partial charge in [-0.2, -0.15) is 5.10 Å². The maximum absolute atomic E-state index is 5.43. The van der Waals surface area contributed by atoms with Crippen LogP contribution in [-0.2, 0) is 6.54 Å². The highest BCUT2D eigenvalue weighted by molar-refractivity contribution is 14.1. The Morgan fingerprint density at radius 1 is 1.50 bits per heavy atom. The van der Waals surface area contributed by atoms with Gasteiger partial charge in [0.2, 0.25) is 0 Å². The summed E-state index contributed by atoms with van der Waals surface area (Å²) < 4.78 is 3.30. The Kier molecular flexibility index (Phi) is 3.52.